The van der Waals surface area contributed by atoms with E-state index < -0.39 is 0 Å². The molecule has 0 bridgehead atoms. The summed E-state index contributed by atoms with van der Waals surface area (Å²) in [5.41, 5.74) is 0. The summed E-state index contributed by atoms with van der Waals surface area (Å²) in [5.74, 6) is 4.66. The number of amides is 8. The van der Waals surface area contributed by atoms with Crippen molar-refractivity contribution in [3.8, 4) is 0 Å². The highest BCUT2D eigenvalue weighted by Crippen LogP contribution is 2.24. The van der Waals surface area contributed by atoms with Gasteiger partial charge in [0.15, 0.2) is 0 Å². The number of rotatable bonds is 64. The van der Waals surface area contributed by atoms with Crippen LogP contribution >= 0.6 is 0 Å². The molecule has 0 radical (unpaired) electrons. The first-order valence-corrected chi connectivity index (χ1v) is 52.0. The van der Waals surface area contributed by atoms with Crippen molar-refractivity contribution in [3.05, 3.63) is 0 Å². The standard InChI is InChI=1S/C18H37N5O2.C18H36N4O3.2C16H34N4O.2C16H33N3O2/c1-14(2)13-23-9-6-16(23)18(25)20-8-11-22(5)10-7-19-17(24)12-21-15(3)4;1-14(2)12-22-9-6-16(22)18(24)20-8-11-21(5)10-7-19-17(23)13-25-15(3)4;2*1-13(2)12-20-9-6-15(20)16(21)18-8-11-19(5)10-7-17-14(3)4;2*1-13(2)12-19-8-6-15(19)16(20)17-7-9-18(5)10-11-21-14(3)4/h14-16,21H,6-13H2,1-5H3,(H,19,24)(H,20,25);14-16H,6-13H2,1-5H3,(H,19,23)(H,20,24);2*13-15,17H,6-12H2,1-5H3,(H,18,21);2*13-15H,6-12H2,1-5H3,(H,17,20). The summed E-state index contributed by atoms with van der Waals surface area (Å²) in [4.78, 5) is 123. The fraction of sp³-hybridized carbons (Fsp3) is 0.920. The van der Waals surface area contributed by atoms with Crippen LogP contribution in [0.5, 0.6) is 0 Å². The molecule has 6 unspecified atom stereocenters. The van der Waals surface area contributed by atoms with E-state index in [4.69, 9.17) is 14.2 Å². The second-order valence-electron chi connectivity index (χ2n) is 42.4. The Hall–Kier alpha value is -4.96. The van der Waals surface area contributed by atoms with E-state index in [-0.39, 0.29) is 108 Å². The van der Waals surface area contributed by atoms with Gasteiger partial charge in [-0.25, -0.2) is 0 Å². The van der Waals surface area contributed by atoms with E-state index >= 15 is 0 Å². The highest BCUT2D eigenvalue weighted by atomic mass is 16.5. The molecular weight excluding hydrogens is 1700 g/mol. The zero-order valence-corrected chi connectivity index (χ0v) is 90.9. The Morgan fingerprint density at radius 2 is 0.433 bits per heavy atom. The predicted octanol–water partition coefficient (Wildman–Crippen LogP) is 4.09. The van der Waals surface area contributed by atoms with Crippen molar-refractivity contribution in [2.24, 2.45) is 35.5 Å². The maximum atomic E-state index is 12.2. The normalized spacial score (nSPS) is 18.8. The van der Waals surface area contributed by atoms with Crippen LogP contribution in [0.1, 0.15) is 205 Å². The lowest BCUT2D eigenvalue weighted by Gasteiger charge is -2.40. The molecule has 0 aromatic heterocycles. The van der Waals surface area contributed by atoms with Gasteiger partial charge in [-0.3, -0.25) is 67.8 Å². The van der Waals surface area contributed by atoms with Gasteiger partial charge in [-0.15, -0.1) is 0 Å². The van der Waals surface area contributed by atoms with Crippen LogP contribution < -0.4 is 58.5 Å². The molecule has 6 aliphatic rings. The van der Waals surface area contributed by atoms with E-state index in [1.165, 1.54) is 0 Å². The first kappa shape index (κ1) is 127. The fourth-order valence-electron chi connectivity index (χ4n) is 15.6. The van der Waals surface area contributed by atoms with Crippen LogP contribution in [0.3, 0.4) is 0 Å². The lowest BCUT2D eigenvalue weighted by Crippen LogP contribution is -2.57. The van der Waals surface area contributed by atoms with E-state index in [1.54, 1.807) is 0 Å². The maximum absolute atomic E-state index is 12.2. The van der Waals surface area contributed by atoms with Crippen LogP contribution in [-0.2, 0) is 52.6 Å². The van der Waals surface area contributed by atoms with Crippen molar-refractivity contribution in [2.45, 2.75) is 277 Å². The van der Waals surface area contributed by atoms with Gasteiger partial charge in [0.05, 0.1) is 74.3 Å². The van der Waals surface area contributed by atoms with Gasteiger partial charge in [-0.05, 0) is 158 Å². The summed E-state index contributed by atoms with van der Waals surface area (Å²) >= 11 is 0. The fourth-order valence-corrected chi connectivity index (χ4v) is 15.6. The second kappa shape index (κ2) is 74.1. The monoisotopic (exact) mass is 1910 g/mol. The molecule has 6 atom stereocenters. The second-order valence-corrected chi connectivity index (χ2v) is 42.4. The maximum Gasteiger partial charge on any atom is 0.246 e. The molecule has 0 aliphatic carbocycles. The number of carbonyl (C=O) groups is 8. The van der Waals surface area contributed by atoms with Gasteiger partial charge in [0, 0.05) is 241 Å². The van der Waals surface area contributed by atoms with Crippen LogP contribution in [0.15, 0.2) is 0 Å². The van der Waals surface area contributed by atoms with Crippen LogP contribution in [-0.4, -0.2) is 470 Å². The van der Waals surface area contributed by atoms with Crippen molar-refractivity contribution < 1.29 is 52.6 Å². The van der Waals surface area contributed by atoms with Crippen molar-refractivity contribution in [3.63, 3.8) is 0 Å². The number of ether oxygens (including phenoxy) is 3. The molecule has 0 spiro atoms. The largest absolute Gasteiger partial charge is 0.377 e. The quantitative estimate of drug-likeness (QED) is 0.0408. The van der Waals surface area contributed by atoms with Crippen LogP contribution in [0.4, 0.5) is 0 Å². The first-order chi connectivity index (χ1) is 63.2. The molecule has 6 heterocycles. The molecule has 11 N–H and O–H groups in total. The summed E-state index contributed by atoms with van der Waals surface area (Å²) in [5, 5.41) is 33.9. The summed E-state index contributed by atoms with van der Waals surface area (Å²) in [6.07, 6.45) is 6.55. The number of likely N-dealkylation sites (N-methyl/N-ethyl adjacent to an activating group) is 6. The molecule has 34 heteroatoms. The van der Waals surface area contributed by atoms with Gasteiger partial charge in [0.2, 0.25) is 47.3 Å². The van der Waals surface area contributed by atoms with Crippen LogP contribution in [0.2, 0.25) is 0 Å². The van der Waals surface area contributed by atoms with Gasteiger partial charge in [-0.2, -0.15) is 0 Å². The van der Waals surface area contributed by atoms with Crippen molar-refractivity contribution >= 4 is 47.3 Å². The summed E-state index contributed by atoms with van der Waals surface area (Å²) in [6, 6.07) is 1.90. The number of likely N-dealkylation sites (tertiary alicyclic amines) is 6. The third-order valence-electron chi connectivity index (χ3n) is 23.7. The van der Waals surface area contributed by atoms with Gasteiger partial charge in [0.1, 0.15) is 6.61 Å². The minimum absolute atomic E-state index is 0.0191. The van der Waals surface area contributed by atoms with Gasteiger partial charge >= 0.3 is 0 Å². The topological polar surface area (TPSA) is 335 Å². The summed E-state index contributed by atoms with van der Waals surface area (Å²) in [7, 11) is 12.3. The Balaban J connectivity index is 0.000000805. The summed E-state index contributed by atoms with van der Waals surface area (Å²) in [6.45, 7) is 83.0. The third kappa shape index (κ3) is 63.0. The number of nitrogens with zero attached hydrogens (tertiary/aromatic N) is 12. The number of hydrogen-bond acceptors (Lipinski definition) is 26. The van der Waals surface area contributed by atoms with E-state index in [9.17, 15) is 38.4 Å². The van der Waals surface area contributed by atoms with Gasteiger partial charge in [0.25, 0.3) is 0 Å². The lowest BCUT2D eigenvalue weighted by atomic mass is 10.00. The predicted molar refractivity (Wildman–Crippen MR) is 551 cm³/mol. The Morgan fingerprint density at radius 1 is 0.246 bits per heavy atom. The minimum Gasteiger partial charge on any atom is -0.377 e. The highest BCUT2D eigenvalue weighted by molar-refractivity contribution is 5.85. The Morgan fingerprint density at radius 3 is 0.612 bits per heavy atom. The molecule has 6 aliphatic heterocycles. The lowest BCUT2D eigenvalue weighted by molar-refractivity contribution is -0.131. The van der Waals surface area contributed by atoms with E-state index in [2.05, 4.69) is 256 Å². The Kier molecular flexibility index (Phi) is 70.2. The smallest absolute Gasteiger partial charge is 0.246 e. The zero-order chi connectivity index (χ0) is 101. The average molecular weight is 1910 g/mol. The SMILES string of the molecule is CC(C)CN1CCC1C(=O)NCCN(C)CCNC(=O)CNC(C)C.CC(C)CN1CCC1C(=O)NCCN(C)CCNC(=O)COC(C)C.CC(C)CN1CCC1C(=O)NCCN(C)CCNC(C)C.CC(C)CN1CCC1C(=O)NCCN(C)CCNC(C)C.CC(C)CN1CCC1C(=O)NCCN(C)CCOC(C)C.CC(C)CN1CCC1C(=O)NCCN(C)CCOC(C)C. The van der Waals surface area contributed by atoms with E-state index in [0.29, 0.717) is 99.4 Å². The zero-order valence-electron chi connectivity index (χ0n) is 90.9. The molecule has 0 aromatic rings. The molecule has 0 aromatic carbocycles. The third-order valence-corrected chi connectivity index (χ3v) is 23.7. The number of nitrogens with one attached hydrogen (secondary N) is 11. The molecule has 8 amide bonds. The molecule has 6 fully saturated rings. The molecule has 0 saturated carbocycles. The summed E-state index contributed by atoms with van der Waals surface area (Å²) < 4.78 is 16.3. The van der Waals surface area contributed by atoms with Crippen molar-refractivity contribution in [1.29, 1.82) is 0 Å². The minimum atomic E-state index is -0.0920. The number of carbonyl (C=O) groups excluding carboxylic acids is 8. The first-order valence-electron chi connectivity index (χ1n) is 52.0. The Labute approximate surface area is 817 Å². The molecule has 788 valence electrons. The highest BCUT2D eigenvalue weighted by Gasteiger charge is 2.39. The molecule has 6 saturated heterocycles. The number of hydrogen-bond donors (Lipinski definition) is 11. The Bertz CT molecular complexity index is 2750. The van der Waals surface area contributed by atoms with Crippen LogP contribution in [0.25, 0.3) is 0 Å². The van der Waals surface area contributed by atoms with Crippen LogP contribution in [0, 0.1) is 35.5 Å². The van der Waals surface area contributed by atoms with Gasteiger partial charge < -0.3 is 102 Å². The molecular formula is C100H207N23O11. The molecule has 34 nitrogen and oxygen atoms in total. The average Bonchev–Trinajstić information content (AvgIpc) is 0.858. The van der Waals surface area contributed by atoms with Gasteiger partial charge in [-0.1, -0.05) is 125 Å². The molecule has 6 rings (SSSR count). The van der Waals surface area contributed by atoms with Crippen molar-refractivity contribution in [2.75, 3.05) is 291 Å². The van der Waals surface area contributed by atoms with E-state index in [0.717, 1.165) is 235 Å². The molecule has 134 heavy (non-hydrogen) atoms. The van der Waals surface area contributed by atoms with Crippen molar-refractivity contribution in [1.82, 2.24) is 117 Å². The van der Waals surface area contributed by atoms with E-state index in [1.807, 2.05) is 69.5 Å².